The number of nitro benzene ring substituents is 2. The van der Waals surface area contributed by atoms with Crippen molar-refractivity contribution in [3.8, 4) is 11.5 Å². The number of rotatable bonds is 9. The van der Waals surface area contributed by atoms with E-state index in [1.807, 2.05) is 13.8 Å². The molecule has 0 aromatic heterocycles. The number of hydrogen-bond acceptors (Lipinski definition) is 8. The first kappa shape index (κ1) is 20.6. The minimum atomic E-state index is -0.713. The van der Waals surface area contributed by atoms with Crippen LogP contribution in [0.15, 0.2) is 41.5 Å². The molecule has 2 rings (SSSR count). The lowest BCUT2D eigenvalue weighted by molar-refractivity contribution is -0.393. The zero-order valence-electron chi connectivity index (χ0n) is 15.6. The lowest BCUT2D eigenvalue weighted by Crippen LogP contribution is -2.10. The number of nitrogens with one attached hydrogen (secondary N) is 1. The molecule has 0 radical (unpaired) electrons. The molecule has 0 aliphatic heterocycles. The van der Waals surface area contributed by atoms with Crippen LogP contribution in [0.2, 0.25) is 0 Å². The monoisotopic (exact) mass is 388 g/mol. The maximum atomic E-state index is 11.1. The van der Waals surface area contributed by atoms with Crippen LogP contribution in [0.4, 0.5) is 17.1 Å². The van der Waals surface area contributed by atoms with E-state index in [0.29, 0.717) is 17.1 Å². The number of ether oxygens (including phenoxy) is 2. The van der Waals surface area contributed by atoms with Gasteiger partial charge in [0.05, 0.1) is 35.3 Å². The van der Waals surface area contributed by atoms with Gasteiger partial charge in [-0.3, -0.25) is 25.7 Å². The van der Waals surface area contributed by atoms with Crippen molar-refractivity contribution in [2.45, 2.75) is 26.4 Å². The Morgan fingerprint density at radius 2 is 1.89 bits per heavy atom. The van der Waals surface area contributed by atoms with Crippen LogP contribution in [0.1, 0.15) is 25.8 Å². The molecule has 0 saturated carbocycles. The summed E-state index contributed by atoms with van der Waals surface area (Å²) >= 11 is 0. The van der Waals surface area contributed by atoms with E-state index in [-0.39, 0.29) is 17.5 Å². The van der Waals surface area contributed by atoms with Gasteiger partial charge in [0, 0.05) is 6.07 Å². The molecule has 0 unspecified atom stereocenters. The van der Waals surface area contributed by atoms with Crippen molar-refractivity contribution in [3.05, 3.63) is 62.2 Å². The lowest BCUT2D eigenvalue weighted by atomic mass is 10.2. The van der Waals surface area contributed by atoms with E-state index >= 15 is 0 Å². The van der Waals surface area contributed by atoms with E-state index in [2.05, 4.69) is 10.5 Å². The number of nitro groups is 2. The van der Waals surface area contributed by atoms with E-state index in [1.165, 1.54) is 19.4 Å². The summed E-state index contributed by atoms with van der Waals surface area (Å²) in [7, 11) is 1.53. The molecule has 28 heavy (non-hydrogen) atoms. The topological polar surface area (TPSA) is 129 Å². The second-order valence-electron chi connectivity index (χ2n) is 5.83. The van der Waals surface area contributed by atoms with E-state index in [1.54, 1.807) is 18.2 Å². The number of hydrogen-bond donors (Lipinski definition) is 1. The molecule has 10 nitrogen and oxygen atoms in total. The Morgan fingerprint density at radius 3 is 2.50 bits per heavy atom. The number of hydrazone groups is 1. The van der Waals surface area contributed by atoms with Gasteiger partial charge in [-0.1, -0.05) is 6.92 Å². The minimum absolute atomic E-state index is 0.0375. The van der Waals surface area contributed by atoms with Crippen LogP contribution < -0.4 is 14.9 Å². The molecule has 0 bridgehead atoms. The Labute approximate surface area is 161 Å². The van der Waals surface area contributed by atoms with Gasteiger partial charge in [-0.15, -0.1) is 0 Å². The molecule has 10 heteroatoms. The van der Waals surface area contributed by atoms with E-state index in [4.69, 9.17) is 9.47 Å². The van der Waals surface area contributed by atoms with Crippen LogP contribution in [-0.4, -0.2) is 29.3 Å². The normalized spacial score (nSPS) is 11.8. The predicted molar refractivity (Wildman–Crippen MR) is 104 cm³/mol. The number of methoxy groups -OCH3 is 1. The Morgan fingerprint density at radius 1 is 1.14 bits per heavy atom. The van der Waals surface area contributed by atoms with E-state index in [0.717, 1.165) is 18.6 Å². The van der Waals surface area contributed by atoms with Crippen LogP contribution in [0.25, 0.3) is 0 Å². The summed E-state index contributed by atoms with van der Waals surface area (Å²) < 4.78 is 11.1. The van der Waals surface area contributed by atoms with Crippen molar-refractivity contribution in [1.82, 2.24) is 0 Å². The summed E-state index contributed by atoms with van der Waals surface area (Å²) in [6.07, 6.45) is 2.34. The van der Waals surface area contributed by atoms with Gasteiger partial charge in [0.1, 0.15) is 5.69 Å². The SMILES string of the molecule is CC[C@@H](C)Oc1ccc(/C=N/Nc2ccc([N+](=O)[O-])cc2[N+](=O)[O-])cc1OC. The van der Waals surface area contributed by atoms with Gasteiger partial charge in [-0.05, 0) is 43.2 Å². The van der Waals surface area contributed by atoms with E-state index < -0.39 is 15.5 Å². The van der Waals surface area contributed by atoms with Gasteiger partial charge in [0.2, 0.25) is 0 Å². The standard InChI is InChI=1S/C18H20N4O6/c1-4-12(2)28-17-8-5-13(9-18(17)27-3)11-19-20-15-7-6-14(21(23)24)10-16(15)22(25)26/h5-12,20H,4H2,1-3H3/b19-11+/t12-/m1/s1. The van der Waals surface area contributed by atoms with E-state index in [9.17, 15) is 20.2 Å². The summed E-state index contributed by atoms with van der Waals surface area (Å²) in [6, 6.07) is 8.50. The summed E-state index contributed by atoms with van der Waals surface area (Å²) in [4.78, 5) is 20.5. The van der Waals surface area contributed by atoms with Crippen molar-refractivity contribution in [1.29, 1.82) is 0 Å². The largest absolute Gasteiger partial charge is 0.493 e. The first-order valence-corrected chi connectivity index (χ1v) is 8.42. The highest BCUT2D eigenvalue weighted by atomic mass is 16.6. The molecule has 148 valence electrons. The molecule has 0 aliphatic carbocycles. The number of benzene rings is 2. The maximum Gasteiger partial charge on any atom is 0.301 e. The van der Waals surface area contributed by atoms with Crippen molar-refractivity contribution < 1.29 is 19.3 Å². The Balaban J connectivity index is 2.18. The van der Waals surface area contributed by atoms with Gasteiger partial charge in [-0.25, -0.2) is 0 Å². The van der Waals surface area contributed by atoms with Gasteiger partial charge in [0.15, 0.2) is 11.5 Å². The second kappa shape index (κ2) is 9.31. The summed E-state index contributed by atoms with van der Waals surface area (Å²) in [5.41, 5.74) is 2.43. The van der Waals surface area contributed by atoms with Crippen LogP contribution in [-0.2, 0) is 0 Å². The Hall–Kier alpha value is -3.69. The Bertz CT molecular complexity index is 900. The van der Waals surface area contributed by atoms with Crippen LogP contribution in [0, 0.1) is 20.2 Å². The third-order valence-corrected chi connectivity index (χ3v) is 3.88. The van der Waals surface area contributed by atoms with Gasteiger partial charge in [-0.2, -0.15) is 5.10 Å². The zero-order valence-corrected chi connectivity index (χ0v) is 15.6. The Kier molecular flexibility index (Phi) is 6.85. The highest BCUT2D eigenvalue weighted by Crippen LogP contribution is 2.30. The molecule has 0 heterocycles. The van der Waals surface area contributed by atoms with Gasteiger partial charge in [0.25, 0.3) is 5.69 Å². The zero-order chi connectivity index (χ0) is 20.7. The molecule has 2 aromatic rings. The first-order valence-electron chi connectivity index (χ1n) is 8.42. The second-order valence-corrected chi connectivity index (χ2v) is 5.83. The summed E-state index contributed by atoms with van der Waals surface area (Å²) in [6.45, 7) is 3.97. The average Bonchev–Trinajstić information content (AvgIpc) is 2.68. The molecule has 0 aliphatic rings. The fourth-order valence-corrected chi connectivity index (χ4v) is 2.22. The first-order chi connectivity index (χ1) is 13.3. The molecule has 2 aromatic carbocycles. The molecule has 0 saturated heterocycles. The molecule has 0 spiro atoms. The van der Waals surface area contributed by atoms with Crippen molar-refractivity contribution in [3.63, 3.8) is 0 Å². The molecule has 1 N–H and O–H groups in total. The smallest absolute Gasteiger partial charge is 0.301 e. The number of nitrogens with zero attached hydrogens (tertiary/aromatic N) is 3. The molecule has 1 atom stereocenters. The highest BCUT2D eigenvalue weighted by molar-refractivity contribution is 5.82. The van der Waals surface area contributed by atoms with Crippen LogP contribution in [0.3, 0.4) is 0 Å². The maximum absolute atomic E-state index is 11.1. The fraction of sp³-hybridized carbons (Fsp3) is 0.278. The highest BCUT2D eigenvalue weighted by Gasteiger charge is 2.19. The minimum Gasteiger partial charge on any atom is -0.493 e. The third-order valence-electron chi connectivity index (χ3n) is 3.88. The lowest BCUT2D eigenvalue weighted by Gasteiger charge is -2.15. The molecular formula is C18H20N4O6. The quantitative estimate of drug-likeness (QED) is 0.388. The van der Waals surface area contributed by atoms with Crippen molar-refractivity contribution >= 4 is 23.3 Å². The summed E-state index contributed by atoms with van der Waals surface area (Å²) in [5.74, 6) is 1.14. The van der Waals surface area contributed by atoms with Crippen molar-refractivity contribution in [2.75, 3.05) is 12.5 Å². The predicted octanol–water partition coefficient (Wildman–Crippen LogP) is 4.13. The average molecular weight is 388 g/mol. The van der Waals surface area contributed by atoms with Gasteiger partial charge >= 0.3 is 5.69 Å². The summed E-state index contributed by atoms with van der Waals surface area (Å²) in [5, 5.41) is 25.9. The van der Waals surface area contributed by atoms with Gasteiger partial charge < -0.3 is 9.47 Å². The van der Waals surface area contributed by atoms with Crippen molar-refractivity contribution in [2.24, 2.45) is 5.10 Å². The number of anilines is 1. The van der Waals surface area contributed by atoms with Crippen LogP contribution >= 0.6 is 0 Å². The fourth-order valence-electron chi connectivity index (χ4n) is 2.22. The number of non-ortho nitro benzene ring substituents is 1. The van der Waals surface area contributed by atoms with Crippen LogP contribution in [0.5, 0.6) is 11.5 Å². The molecule has 0 amide bonds. The molecule has 0 fully saturated rings. The third kappa shape index (κ3) is 5.16. The molecular weight excluding hydrogens is 368 g/mol.